The van der Waals surface area contributed by atoms with Crippen LogP contribution in [0.25, 0.3) is 0 Å². The van der Waals surface area contributed by atoms with Crippen LogP contribution in [0.15, 0.2) is 30.5 Å². The van der Waals surface area contributed by atoms with E-state index in [0.29, 0.717) is 18.8 Å². The molecule has 0 unspecified atom stereocenters. The second-order valence-electron chi connectivity index (χ2n) is 6.12. The van der Waals surface area contributed by atoms with Gasteiger partial charge < -0.3 is 9.84 Å². The molecule has 3 rings (SSSR count). The molecular weight excluding hydrogens is 292 g/mol. The van der Waals surface area contributed by atoms with Crippen LogP contribution in [-0.4, -0.2) is 51.7 Å². The molecule has 0 aliphatic carbocycles. The fourth-order valence-corrected chi connectivity index (χ4v) is 3.10. The number of β-amino-alcohol motifs (C(OH)–C–C–N with tert-alkyl or cyclic N) is 1. The minimum absolute atomic E-state index is 0.567. The van der Waals surface area contributed by atoms with Crippen LogP contribution in [0, 0.1) is 0 Å². The van der Waals surface area contributed by atoms with E-state index in [9.17, 15) is 5.11 Å². The number of hydrogen-bond acceptors (Lipinski definition) is 5. The summed E-state index contributed by atoms with van der Waals surface area (Å²) < 4.78 is 5.85. The van der Waals surface area contributed by atoms with Crippen molar-refractivity contribution in [3.63, 3.8) is 0 Å². The summed E-state index contributed by atoms with van der Waals surface area (Å²) in [6.07, 6.45) is 4.27. The third-order valence-electron chi connectivity index (χ3n) is 4.42. The molecule has 1 aliphatic heterocycles. The van der Waals surface area contributed by atoms with E-state index in [1.54, 1.807) is 6.20 Å². The average molecular weight is 316 g/mol. The zero-order valence-electron chi connectivity index (χ0n) is 13.5. The van der Waals surface area contributed by atoms with Crippen molar-refractivity contribution in [2.75, 3.05) is 26.2 Å². The molecule has 1 atom stereocenters. The van der Waals surface area contributed by atoms with E-state index in [0.717, 1.165) is 38.1 Å². The molecule has 1 saturated heterocycles. The Bertz CT molecular complexity index is 617. The van der Waals surface area contributed by atoms with Gasteiger partial charge in [0, 0.05) is 13.1 Å². The first kappa shape index (κ1) is 16.0. The van der Waals surface area contributed by atoms with E-state index in [1.165, 1.54) is 5.56 Å². The molecule has 1 fully saturated rings. The van der Waals surface area contributed by atoms with Crippen molar-refractivity contribution >= 4 is 0 Å². The third-order valence-corrected chi connectivity index (χ3v) is 4.42. The molecule has 6 nitrogen and oxygen atoms in total. The van der Waals surface area contributed by atoms with Gasteiger partial charge in [-0.3, -0.25) is 4.90 Å². The molecule has 2 aromatic rings. The van der Waals surface area contributed by atoms with Gasteiger partial charge in [0.25, 0.3) is 0 Å². The number of benzene rings is 1. The first-order chi connectivity index (χ1) is 11.2. The molecule has 0 spiro atoms. The van der Waals surface area contributed by atoms with Crippen LogP contribution in [0.5, 0.6) is 5.75 Å². The van der Waals surface area contributed by atoms with E-state index in [4.69, 9.17) is 4.74 Å². The fraction of sp³-hybridized carbons (Fsp3) is 0.529. The lowest BCUT2D eigenvalue weighted by molar-refractivity contribution is -0.0412. The Morgan fingerprint density at radius 3 is 3.13 bits per heavy atom. The number of likely N-dealkylation sites (tertiary alicyclic amines) is 1. The lowest BCUT2D eigenvalue weighted by Gasteiger charge is -2.37. The minimum atomic E-state index is -0.909. The lowest BCUT2D eigenvalue weighted by atomic mass is 9.90. The number of H-pyrrole nitrogens is 1. The van der Waals surface area contributed by atoms with Crippen LogP contribution in [0.2, 0.25) is 0 Å². The molecule has 0 bridgehead atoms. The molecule has 1 aliphatic rings. The monoisotopic (exact) mass is 316 g/mol. The Balaban J connectivity index is 1.52. The number of nitrogens with zero attached hydrogens (tertiary/aromatic N) is 3. The number of aliphatic hydroxyl groups is 1. The zero-order valence-corrected chi connectivity index (χ0v) is 13.5. The quantitative estimate of drug-likeness (QED) is 0.849. The number of nitrogens with one attached hydrogen (secondary N) is 1. The Morgan fingerprint density at radius 2 is 2.35 bits per heavy atom. The van der Waals surface area contributed by atoms with Gasteiger partial charge in [0.05, 0.1) is 6.20 Å². The van der Waals surface area contributed by atoms with Gasteiger partial charge in [-0.1, -0.05) is 19.1 Å². The van der Waals surface area contributed by atoms with Gasteiger partial charge in [-0.05, 0) is 43.5 Å². The summed E-state index contributed by atoms with van der Waals surface area (Å²) in [4.78, 5) is 2.22. The van der Waals surface area contributed by atoms with Crippen molar-refractivity contribution in [3.05, 3.63) is 41.7 Å². The van der Waals surface area contributed by atoms with Crippen molar-refractivity contribution in [2.45, 2.75) is 31.8 Å². The Morgan fingerprint density at radius 1 is 1.43 bits per heavy atom. The van der Waals surface area contributed by atoms with Crippen molar-refractivity contribution in [1.82, 2.24) is 20.3 Å². The standard InChI is InChI=1S/C17H24N4O2/c1-2-14-5-3-6-15(11-14)23-10-9-21-8-4-7-17(22,13-21)16-12-18-20-19-16/h3,5-6,11-12,22H,2,4,7-10,13H2,1H3,(H,18,19,20)/t17-/m0/s1. The maximum Gasteiger partial charge on any atom is 0.123 e. The molecule has 6 heteroatoms. The van der Waals surface area contributed by atoms with E-state index in [2.05, 4.69) is 39.4 Å². The number of aromatic nitrogens is 3. The highest BCUT2D eigenvalue weighted by molar-refractivity contribution is 5.28. The number of piperidine rings is 1. The highest BCUT2D eigenvalue weighted by Gasteiger charge is 2.36. The SMILES string of the molecule is CCc1cccc(OCCN2CCC[C@@](O)(c3cn[nH]n3)C2)c1. The summed E-state index contributed by atoms with van der Waals surface area (Å²) in [6.45, 7) is 5.08. The second-order valence-corrected chi connectivity index (χ2v) is 6.12. The van der Waals surface area contributed by atoms with Crippen LogP contribution >= 0.6 is 0 Å². The van der Waals surface area contributed by atoms with Gasteiger partial charge >= 0.3 is 0 Å². The first-order valence-corrected chi connectivity index (χ1v) is 8.22. The minimum Gasteiger partial charge on any atom is -0.492 e. The van der Waals surface area contributed by atoms with Crippen LogP contribution in [0.3, 0.4) is 0 Å². The van der Waals surface area contributed by atoms with Crippen molar-refractivity contribution in [1.29, 1.82) is 0 Å². The Labute approximate surface area is 136 Å². The number of aromatic amines is 1. The van der Waals surface area contributed by atoms with E-state index >= 15 is 0 Å². The fourth-order valence-electron chi connectivity index (χ4n) is 3.10. The summed E-state index contributed by atoms with van der Waals surface area (Å²) in [5.41, 5.74) is 0.993. The van der Waals surface area contributed by atoms with Crippen LogP contribution < -0.4 is 4.74 Å². The number of rotatable bonds is 6. The zero-order chi connectivity index (χ0) is 16.1. The van der Waals surface area contributed by atoms with E-state index < -0.39 is 5.60 Å². The van der Waals surface area contributed by atoms with E-state index in [-0.39, 0.29) is 0 Å². The maximum absolute atomic E-state index is 10.8. The molecule has 124 valence electrons. The number of hydrogen-bond donors (Lipinski definition) is 2. The summed E-state index contributed by atoms with van der Waals surface area (Å²) >= 11 is 0. The summed E-state index contributed by atoms with van der Waals surface area (Å²) in [6, 6.07) is 8.21. The predicted molar refractivity (Wildman–Crippen MR) is 87.3 cm³/mol. The van der Waals surface area contributed by atoms with Crippen LogP contribution in [-0.2, 0) is 12.0 Å². The Kier molecular flexibility index (Phi) is 4.93. The average Bonchev–Trinajstić information content (AvgIpc) is 3.11. The van der Waals surface area contributed by atoms with Gasteiger partial charge in [-0.15, -0.1) is 0 Å². The predicted octanol–water partition coefficient (Wildman–Crippen LogP) is 1.73. The highest BCUT2D eigenvalue weighted by Crippen LogP contribution is 2.29. The molecule has 2 N–H and O–H groups in total. The number of ether oxygens (including phenoxy) is 1. The Hall–Kier alpha value is -1.92. The van der Waals surface area contributed by atoms with Gasteiger partial charge in [-0.2, -0.15) is 15.4 Å². The summed E-state index contributed by atoms with van der Waals surface area (Å²) in [5.74, 6) is 0.910. The molecule has 0 saturated carbocycles. The van der Waals surface area contributed by atoms with Gasteiger partial charge in [0.2, 0.25) is 0 Å². The van der Waals surface area contributed by atoms with Crippen LogP contribution in [0.4, 0.5) is 0 Å². The van der Waals surface area contributed by atoms with Gasteiger partial charge in [0.15, 0.2) is 0 Å². The van der Waals surface area contributed by atoms with Gasteiger partial charge in [-0.25, -0.2) is 0 Å². The second kappa shape index (κ2) is 7.10. The molecule has 2 heterocycles. The normalized spacial score (nSPS) is 22.2. The topological polar surface area (TPSA) is 74.3 Å². The van der Waals surface area contributed by atoms with Crippen LogP contribution in [0.1, 0.15) is 31.0 Å². The van der Waals surface area contributed by atoms with Crippen molar-refractivity contribution in [3.8, 4) is 5.75 Å². The summed E-state index contributed by atoms with van der Waals surface area (Å²) in [7, 11) is 0. The van der Waals surface area contributed by atoms with E-state index in [1.807, 2.05) is 12.1 Å². The van der Waals surface area contributed by atoms with Crippen molar-refractivity contribution < 1.29 is 9.84 Å². The number of aryl methyl sites for hydroxylation is 1. The smallest absolute Gasteiger partial charge is 0.123 e. The third kappa shape index (κ3) is 3.89. The maximum atomic E-state index is 10.8. The molecular formula is C17H24N4O2. The first-order valence-electron chi connectivity index (χ1n) is 8.22. The molecule has 1 aromatic carbocycles. The van der Waals surface area contributed by atoms with Gasteiger partial charge in [0.1, 0.15) is 23.7 Å². The molecule has 0 amide bonds. The van der Waals surface area contributed by atoms with Crippen molar-refractivity contribution in [2.24, 2.45) is 0 Å². The molecule has 0 radical (unpaired) electrons. The highest BCUT2D eigenvalue weighted by atomic mass is 16.5. The largest absolute Gasteiger partial charge is 0.492 e. The molecule has 23 heavy (non-hydrogen) atoms. The lowest BCUT2D eigenvalue weighted by Crippen LogP contribution is -2.47. The molecule has 1 aromatic heterocycles. The summed E-state index contributed by atoms with van der Waals surface area (Å²) in [5, 5.41) is 21.2.